The van der Waals surface area contributed by atoms with Crippen molar-refractivity contribution in [3.63, 3.8) is 0 Å². The van der Waals surface area contributed by atoms with Crippen LogP contribution >= 0.6 is 0 Å². The number of hydrogen-bond donors (Lipinski definition) is 2. The minimum Gasteiger partial charge on any atom is -0.481 e. The van der Waals surface area contributed by atoms with Gasteiger partial charge in [0.05, 0.1) is 18.2 Å². The van der Waals surface area contributed by atoms with Crippen LogP contribution in [-0.4, -0.2) is 48.1 Å². The number of ether oxygens (including phenoxy) is 1. The molecule has 0 saturated heterocycles. The zero-order chi connectivity index (χ0) is 16.7. The van der Waals surface area contributed by atoms with Crippen LogP contribution in [0.15, 0.2) is 24.3 Å². The van der Waals surface area contributed by atoms with E-state index in [-0.39, 0.29) is 24.4 Å². The normalized spacial score (nSPS) is 12.3. The Kier molecular flexibility index (Phi) is 6.71. The molecule has 22 heavy (non-hydrogen) atoms. The summed E-state index contributed by atoms with van der Waals surface area (Å²) in [5, 5.41) is 11.1. The van der Waals surface area contributed by atoms with Crippen molar-refractivity contribution in [1.82, 2.24) is 4.90 Å². The van der Waals surface area contributed by atoms with Gasteiger partial charge in [-0.25, -0.2) is 0 Å². The summed E-state index contributed by atoms with van der Waals surface area (Å²) in [6.45, 7) is -1.21. The Hall–Kier alpha value is -2.22. The Labute approximate surface area is 126 Å². The molecular formula is C14H18F2N2O4. The molecule has 1 aromatic carbocycles. The maximum atomic E-state index is 12.3. The number of benzene rings is 1. The van der Waals surface area contributed by atoms with Gasteiger partial charge < -0.3 is 15.2 Å². The largest absolute Gasteiger partial charge is 0.481 e. The number of carboxylic acid groups (broad SMARTS) is 1. The number of rotatable bonds is 8. The van der Waals surface area contributed by atoms with Gasteiger partial charge in [0.15, 0.2) is 0 Å². The van der Waals surface area contributed by atoms with Crippen molar-refractivity contribution in [2.45, 2.75) is 26.0 Å². The van der Waals surface area contributed by atoms with Gasteiger partial charge in [0, 0.05) is 6.54 Å². The summed E-state index contributed by atoms with van der Waals surface area (Å²) >= 11 is 0. The molecule has 0 aliphatic heterocycles. The van der Waals surface area contributed by atoms with Crippen LogP contribution in [0.4, 0.5) is 14.5 Å². The second kappa shape index (κ2) is 8.28. The standard InChI is InChI=1S/C14H18F2N2O4/c1-9(18(2)8-7-12(19)20)13(21)17-10-5-3-4-6-11(10)22-14(15)16/h3-6,9,14H,7-8H2,1-2H3,(H,17,21)(H,19,20). The number of hydrogen-bond acceptors (Lipinski definition) is 4. The van der Waals surface area contributed by atoms with Crippen LogP contribution in [0.5, 0.6) is 5.75 Å². The minimum atomic E-state index is -2.99. The van der Waals surface area contributed by atoms with Gasteiger partial charge in [-0.2, -0.15) is 8.78 Å². The van der Waals surface area contributed by atoms with Crippen molar-refractivity contribution in [1.29, 1.82) is 0 Å². The molecule has 0 fully saturated rings. The van der Waals surface area contributed by atoms with Crippen molar-refractivity contribution < 1.29 is 28.2 Å². The van der Waals surface area contributed by atoms with Crippen LogP contribution in [0.25, 0.3) is 0 Å². The Morgan fingerprint density at radius 2 is 2.00 bits per heavy atom. The first-order valence-corrected chi connectivity index (χ1v) is 6.58. The van der Waals surface area contributed by atoms with Crippen molar-refractivity contribution >= 4 is 17.6 Å². The molecule has 0 radical (unpaired) electrons. The topological polar surface area (TPSA) is 78.9 Å². The number of amides is 1. The third-order valence-corrected chi connectivity index (χ3v) is 3.08. The molecular weight excluding hydrogens is 298 g/mol. The summed E-state index contributed by atoms with van der Waals surface area (Å²) in [5.74, 6) is -1.54. The number of carbonyl (C=O) groups excluding carboxylic acids is 1. The molecule has 1 atom stereocenters. The number of halogens is 2. The molecule has 1 amide bonds. The van der Waals surface area contributed by atoms with E-state index in [1.807, 2.05) is 0 Å². The van der Waals surface area contributed by atoms with Crippen LogP contribution in [0.3, 0.4) is 0 Å². The Balaban J connectivity index is 2.69. The number of para-hydroxylation sites is 2. The lowest BCUT2D eigenvalue weighted by Crippen LogP contribution is -2.40. The van der Waals surface area contributed by atoms with E-state index >= 15 is 0 Å². The van der Waals surface area contributed by atoms with Gasteiger partial charge in [-0.05, 0) is 26.1 Å². The molecule has 0 spiro atoms. The van der Waals surface area contributed by atoms with Gasteiger partial charge in [0.1, 0.15) is 5.75 Å². The SMILES string of the molecule is CC(C(=O)Nc1ccccc1OC(F)F)N(C)CCC(=O)O. The smallest absolute Gasteiger partial charge is 0.387 e. The molecule has 0 saturated carbocycles. The molecule has 8 heteroatoms. The molecule has 0 aliphatic rings. The first-order chi connectivity index (χ1) is 10.3. The number of alkyl halides is 2. The van der Waals surface area contributed by atoms with E-state index in [0.29, 0.717) is 0 Å². The van der Waals surface area contributed by atoms with Crippen molar-refractivity contribution in [3.8, 4) is 5.75 Å². The fourth-order valence-corrected chi connectivity index (χ4v) is 1.67. The second-order valence-corrected chi connectivity index (χ2v) is 4.66. The van der Waals surface area contributed by atoms with Gasteiger partial charge in [-0.1, -0.05) is 12.1 Å². The third kappa shape index (κ3) is 5.65. The van der Waals surface area contributed by atoms with E-state index < -0.39 is 24.5 Å². The predicted octanol–water partition coefficient (Wildman–Crippen LogP) is 2.02. The zero-order valence-electron chi connectivity index (χ0n) is 12.3. The zero-order valence-corrected chi connectivity index (χ0v) is 12.3. The number of anilines is 1. The molecule has 6 nitrogen and oxygen atoms in total. The highest BCUT2D eigenvalue weighted by Crippen LogP contribution is 2.25. The fraction of sp³-hybridized carbons (Fsp3) is 0.429. The highest BCUT2D eigenvalue weighted by molar-refractivity contribution is 5.95. The van der Waals surface area contributed by atoms with Gasteiger partial charge >= 0.3 is 12.6 Å². The summed E-state index contributed by atoms with van der Waals surface area (Å²) < 4.78 is 28.9. The quantitative estimate of drug-likeness (QED) is 0.767. The lowest BCUT2D eigenvalue weighted by Gasteiger charge is -2.23. The van der Waals surface area contributed by atoms with E-state index in [1.54, 1.807) is 24.9 Å². The second-order valence-electron chi connectivity index (χ2n) is 4.66. The number of carboxylic acids is 1. The predicted molar refractivity (Wildman–Crippen MR) is 76.0 cm³/mol. The van der Waals surface area contributed by atoms with E-state index in [1.165, 1.54) is 18.2 Å². The number of nitrogens with zero attached hydrogens (tertiary/aromatic N) is 1. The average Bonchev–Trinajstić information content (AvgIpc) is 2.45. The van der Waals surface area contributed by atoms with Gasteiger partial charge in [-0.3, -0.25) is 14.5 Å². The summed E-state index contributed by atoms with van der Waals surface area (Å²) in [7, 11) is 1.61. The monoisotopic (exact) mass is 316 g/mol. The fourth-order valence-electron chi connectivity index (χ4n) is 1.67. The highest BCUT2D eigenvalue weighted by atomic mass is 19.3. The Morgan fingerprint density at radius 1 is 1.36 bits per heavy atom. The first-order valence-electron chi connectivity index (χ1n) is 6.58. The summed E-state index contributed by atoms with van der Waals surface area (Å²) in [6.07, 6.45) is -0.0980. The Morgan fingerprint density at radius 3 is 2.59 bits per heavy atom. The lowest BCUT2D eigenvalue weighted by atomic mass is 10.2. The molecule has 0 aliphatic carbocycles. The maximum absolute atomic E-state index is 12.3. The lowest BCUT2D eigenvalue weighted by molar-refractivity contribution is -0.137. The number of likely N-dealkylation sites (N-methyl/N-ethyl adjacent to an activating group) is 1. The Bertz CT molecular complexity index is 525. The van der Waals surface area contributed by atoms with Gasteiger partial charge in [0.25, 0.3) is 0 Å². The minimum absolute atomic E-state index is 0.0980. The van der Waals surface area contributed by atoms with Crippen molar-refractivity contribution in [2.75, 3.05) is 18.9 Å². The average molecular weight is 316 g/mol. The molecule has 1 aromatic rings. The molecule has 122 valence electrons. The van der Waals surface area contributed by atoms with E-state index in [2.05, 4.69) is 10.1 Å². The van der Waals surface area contributed by atoms with Crippen LogP contribution in [0.1, 0.15) is 13.3 Å². The van der Waals surface area contributed by atoms with Crippen LogP contribution in [-0.2, 0) is 9.59 Å². The van der Waals surface area contributed by atoms with Crippen LogP contribution in [0.2, 0.25) is 0 Å². The molecule has 2 N–H and O–H groups in total. The van der Waals surface area contributed by atoms with Crippen molar-refractivity contribution in [3.05, 3.63) is 24.3 Å². The van der Waals surface area contributed by atoms with Crippen LogP contribution in [0, 0.1) is 0 Å². The summed E-state index contributed by atoms with van der Waals surface area (Å²) in [4.78, 5) is 24.2. The number of nitrogens with one attached hydrogen (secondary N) is 1. The number of aliphatic carboxylic acids is 1. The van der Waals surface area contributed by atoms with Crippen LogP contribution < -0.4 is 10.1 Å². The van der Waals surface area contributed by atoms with E-state index in [0.717, 1.165) is 0 Å². The van der Waals surface area contributed by atoms with E-state index in [9.17, 15) is 18.4 Å². The highest BCUT2D eigenvalue weighted by Gasteiger charge is 2.20. The molecule has 0 aromatic heterocycles. The summed E-state index contributed by atoms with van der Waals surface area (Å²) in [6, 6.07) is 5.22. The van der Waals surface area contributed by atoms with E-state index in [4.69, 9.17) is 5.11 Å². The molecule has 0 bridgehead atoms. The molecule has 0 heterocycles. The molecule has 1 unspecified atom stereocenters. The third-order valence-electron chi connectivity index (χ3n) is 3.08. The molecule has 1 rings (SSSR count). The van der Waals surface area contributed by atoms with Gasteiger partial charge in [0.2, 0.25) is 5.91 Å². The van der Waals surface area contributed by atoms with Gasteiger partial charge in [-0.15, -0.1) is 0 Å². The first kappa shape index (κ1) is 17.8. The number of carbonyl (C=O) groups is 2. The summed E-state index contributed by atoms with van der Waals surface area (Å²) in [5.41, 5.74) is 0.131. The maximum Gasteiger partial charge on any atom is 0.387 e. The van der Waals surface area contributed by atoms with Crippen molar-refractivity contribution in [2.24, 2.45) is 0 Å².